The third kappa shape index (κ3) is 2.61. The molecule has 25 heavy (non-hydrogen) atoms. The molecular formula is C15H12F4N4O2. The molecule has 0 radical (unpaired) electrons. The van der Waals surface area contributed by atoms with Crippen molar-refractivity contribution in [2.75, 3.05) is 5.32 Å². The number of nitrogens with zero attached hydrogens (tertiary/aromatic N) is 3. The van der Waals surface area contributed by atoms with Crippen LogP contribution >= 0.6 is 0 Å². The van der Waals surface area contributed by atoms with Gasteiger partial charge in [0.15, 0.2) is 5.69 Å². The number of urea groups is 1. The molecule has 0 saturated carbocycles. The Hall–Kier alpha value is -2.65. The van der Waals surface area contributed by atoms with Crippen molar-refractivity contribution in [3.63, 3.8) is 0 Å². The molecule has 2 aliphatic rings. The van der Waals surface area contributed by atoms with Crippen LogP contribution in [0.3, 0.4) is 0 Å². The molecule has 132 valence electrons. The zero-order valence-corrected chi connectivity index (χ0v) is 12.7. The van der Waals surface area contributed by atoms with Crippen LogP contribution in [0, 0.1) is 5.95 Å². The average Bonchev–Trinajstić information content (AvgIpc) is 3.12. The maximum Gasteiger partial charge on any atom is 0.436 e. The van der Waals surface area contributed by atoms with Gasteiger partial charge in [0.25, 0.3) is 0 Å². The van der Waals surface area contributed by atoms with Crippen LogP contribution in [0.2, 0.25) is 0 Å². The third-order valence-corrected chi connectivity index (χ3v) is 4.61. The molecule has 1 N–H and O–H groups in total. The van der Waals surface area contributed by atoms with E-state index in [0.717, 1.165) is 0 Å². The Bertz CT molecular complexity index is 835. The fraction of sp³-hybridized carbons (Fsp3) is 0.400. The molecule has 4 rings (SSSR count). The van der Waals surface area contributed by atoms with Gasteiger partial charge in [0.1, 0.15) is 0 Å². The van der Waals surface area contributed by atoms with Gasteiger partial charge >= 0.3 is 12.2 Å². The molecule has 10 heteroatoms. The lowest BCUT2D eigenvalue weighted by molar-refractivity contribution is -0.142. The van der Waals surface area contributed by atoms with Gasteiger partial charge in [0.2, 0.25) is 11.8 Å². The van der Waals surface area contributed by atoms with Gasteiger partial charge in [0.05, 0.1) is 6.04 Å². The summed E-state index contributed by atoms with van der Waals surface area (Å²) in [6.07, 6.45) is -1.66. The highest BCUT2D eigenvalue weighted by molar-refractivity contribution is 5.89. The number of carbonyl (C=O) groups excluding carboxylic acids is 1. The molecule has 1 saturated heterocycles. The second kappa shape index (κ2) is 5.43. The average molecular weight is 356 g/mol. The first-order valence-electron chi connectivity index (χ1n) is 7.61. The van der Waals surface area contributed by atoms with E-state index in [1.54, 1.807) is 6.07 Å². The fourth-order valence-corrected chi connectivity index (χ4v) is 3.56. The van der Waals surface area contributed by atoms with Crippen molar-refractivity contribution in [1.82, 2.24) is 15.0 Å². The molecule has 0 spiro atoms. The summed E-state index contributed by atoms with van der Waals surface area (Å²) in [4.78, 5) is 17.7. The molecule has 2 aromatic heterocycles. The van der Waals surface area contributed by atoms with E-state index in [0.29, 0.717) is 36.5 Å². The number of rotatable bonds is 1. The summed E-state index contributed by atoms with van der Waals surface area (Å²) < 4.78 is 56.0. The molecule has 0 aromatic carbocycles. The van der Waals surface area contributed by atoms with E-state index < -0.39 is 23.8 Å². The van der Waals surface area contributed by atoms with E-state index in [-0.39, 0.29) is 18.0 Å². The van der Waals surface area contributed by atoms with Crippen LogP contribution in [0.15, 0.2) is 22.9 Å². The summed E-state index contributed by atoms with van der Waals surface area (Å²) >= 11 is 0. The summed E-state index contributed by atoms with van der Waals surface area (Å²) in [7, 11) is 0. The van der Waals surface area contributed by atoms with Gasteiger partial charge in [-0.2, -0.15) is 17.6 Å². The number of pyridine rings is 1. The molecule has 6 nitrogen and oxygen atoms in total. The number of halogens is 4. The molecule has 2 atom stereocenters. The van der Waals surface area contributed by atoms with Gasteiger partial charge in [-0.3, -0.25) is 5.32 Å². The molecule has 1 fully saturated rings. The van der Waals surface area contributed by atoms with Crippen molar-refractivity contribution in [3.8, 4) is 0 Å². The zero-order valence-electron chi connectivity index (χ0n) is 12.7. The maximum atomic E-state index is 13.9. The van der Waals surface area contributed by atoms with Crippen LogP contribution in [-0.4, -0.2) is 27.1 Å². The number of aromatic nitrogens is 2. The van der Waals surface area contributed by atoms with E-state index in [1.165, 1.54) is 11.1 Å². The Balaban J connectivity index is 1.56. The number of hydrogen-bond acceptors (Lipinski definition) is 4. The smallest absolute Gasteiger partial charge is 0.338 e. The number of alkyl halides is 3. The lowest BCUT2D eigenvalue weighted by Gasteiger charge is -2.35. The van der Waals surface area contributed by atoms with Crippen molar-refractivity contribution in [1.29, 1.82) is 0 Å². The largest absolute Gasteiger partial charge is 0.436 e. The monoisotopic (exact) mass is 356 g/mol. The molecule has 2 amide bonds. The van der Waals surface area contributed by atoms with Crippen LogP contribution in [0.4, 0.5) is 28.2 Å². The van der Waals surface area contributed by atoms with E-state index in [2.05, 4.69) is 20.0 Å². The number of fused-ring (bicyclic) bond motifs is 4. The standard InChI is InChI=1S/C15H12F4N4O2/c16-13-9-5-7-1-2-10(8(9)3-4-20-13)23(7)14(24)21-12-6-11(22-25-12)15(17,18)19/h3-4,6-7,10H,1-2,5H2,(H,21,24). The predicted molar refractivity (Wildman–Crippen MR) is 76.0 cm³/mol. The SMILES string of the molecule is O=C(Nc1cc(C(F)(F)F)no1)N1C2CCC1c1ccnc(F)c1C2. The summed E-state index contributed by atoms with van der Waals surface area (Å²) in [5.41, 5.74) is -0.0362. The van der Waals surface area contributed by atoms with Gasteiger partial charge < -0.3 is 9.42 Å². The quantitative estimate of drug-likeness (QED) is 0.627. The van der Waals surface area contributed by atoms with Crippen LogP contribution in [0.25, 0.3) is 0 Å². The Morgan fingerprint density at radius 1 is 1.36 bits per heavy atom. The van der Waals surface area contributed by atoms with Crippen LogP contribution in [-0.2, 0) is 12.6 Å². The summed E-state index contributed by atoms with van der Waals surface area (Å²) in [5.74, 6) is -0.928. The van der Waals surface area contributed by atoms with E-state index in [1.807, 2.05) is 0 Å². The first-order valence-corrected chi connectivity index (χ1v) is 7.61. The van der Waals surface area contributed by atoms with E-state index >= 15 is 0 Å². The fourth-order valence-electron chi connectivity index (χ4n) is 3.56. The zero-order chi connectivity index (χ0) is 17.8. The maximum absolute atomic E-state index is 13.9. The molecule has 4 heterocycles. The minimum absolute atomic E-state index is 0.235. The van der Waals surface area contributed by atoms with Gasteiger partial charge in [-0.25, -0.2) is 9.78 Å². The van der Waals surface area contributed by atoms with Crippen molar-refractivity contribution < 1.29 is 26.9 Å². The van der Waals surface area contributed by atoms with Crippen LogP contribution < -0.4 is 5.32 Å². The van der Waals surface area contributed by atoms with Crippen molar-refractivity contribution >= 4 is 11.9 Å². The summed E-state index contributed by atoms with van der Waals surface area (Å²) in [6, 6.07) is 1.13. The number of amides is 2. The topological polar surface area (TPSA) is 71.3 Å². The molecule has 2 aromatic rings. The minimum Gasteiger partial charge on any atom is -0.338 e. The van der Waals surface area contributed by atoms with Crippen LogP contribution in [0.5, 0.6) is 0 Å². The second-order valence-corrected chi connectivity index (χ2v) is 6.03. The predicted octanol–water partition coefficient (Wildman–Crippen LogP) is 3.52. The number of anilines is 1. The van der Waals surface area contributed by atoms with Gasteiger partial charge in [0, 0.05) is 23.9 Å². The van der Waals surface area contributed by atoms with E-state index in [4.69, 9.17) is 0 Å². The van der Waals surface area contributed by atoms with Gasteiger partial charge in [-0.05, 0) is 30.9 Å². The van der Waals surface area contributed by atoms with E-state index in [9.17, 15) is 22.4 Å². The van der Waals surface area contributed by atoms with Crippen molar-refractivity contribution in [3.05, 3.63) is 41.1 Å². The lowest BCUT2D eigenvalue weighted by atomic mass is 9.95. The highest BCUT2D eigenvalue weighted by Crippen LogP contribution is 2.44. The second-order valence-electron chi connectivity index (χ2n) is 6.03. The van der Waals surface area contributed by atoms with Crippen molar-refractivity contribution in [2.45, 2.75) is 37.5 Å². The molecule has 2 unspecified atom stereocenters. The molecule has 2 bridgehead atoms. The number of carbonyl (C=O) groups is 1. The van der Waals surface area contributed by atoms with Crippen molar-refractivity contribution in [2.24, 2.45) is 0 Å². The molecular weight excluding hydrogens is 344 g/mol. The molecule has 2 aliphatic heterocycles. The lowest BCUT2D eigenvalue weighted by Crippen LogP contribution is -2.44. The third-order valence-electron chi connectivity index (χ3n) is 4.61. The first kappa shape index (κ1) is 15.9. The van der Waals surface area contributed by atoms with Gasteiger partial charge in [-0.1, -0.05) is 5.16 Å². The first-order chi connectivity index (χ1) is 11.8. The Morgan fingerprint density at radius 3 is 2.88 bits per heavy atom. The van der Waals surface area contributed by atoms with Gasteiger partial charge in [-0.15, -0.1) is 0 Å². The normalized spacial score (nSPS) is 22.0. The minimum atomic E-state index is -4.65. The number of hydrogen-bond donors (Lipinski definition) is 1. The summed E-state index contributed by atoms with van der Waals surface area (Å²) in [6.45, 7) is 0. The summed E-state index contributed by atoms with van der Waals surface area (Å²) in [5, 5.41) is 5.19. The Labute approximate surface area is 138 Å². The van der Waals surface area contributed by atoms with Crippen LogP contribution in [0.1, 0.15) is 35.7 Å². The molecule has 0 aliphatic carbocycles. The Morgan fingerprint density at radius 2 is 2.16 bits per heavy atom. The highest BCUT2D eigenvalue weighted by Gasteiger charge is 2.44. The Kier molecular flexibility index (Phi) is 3.44. The number of nitrogens with one attached hydrogen (secondary N) is 1. The highest BCUT2D eigenvalue weighted by atomic mass is 19.4.